The molecule has 0 saturated heterocycles. The van der Waals surface area contributed by atoms with E-state index >= 15 is 0 Å². The molecule has 1 aromatic carbocycles. The summed E-state index contributed by atoms with van der Waals surface area (Å²) >= 11 is 5.23. The third kappa shape index (κ3) is 3.70. The first kappa shape index (κ1) is 17.1. The summed E-state index contributed by atoms with van der Waals surface area (Å²) in [5, 5.41) is 3.23. The number of carbonyl (C=O) groups is 1. The van der Waals surface area contributed by atoms with E-state index in [0.29, 0.717) is 46.7 Å². The van der Waals surface area contributed by atoms with E-state index in [1.165, 1.54) is 4.57 Å². The van der Waals surface area contributed by atoms with Crippen molar-refractivity contribution in [3.63, 3.8) is 0 Å². The zero-order chi connectivity index (χ0) is 17.8. The highest BCUT2D eigenvalue weighted by atomic mass is 32.1. The average molecular weight is 359 g/mol. The molecule has 3 rings (SSSR count). The molecule has 0 radical (unpaired) electrons. The monoisotopic (exact) mass is 359 g/mol. The van der Waals surface area contributed by atoms with Crippen LogP contribution in [-0.2, 0) is 17.8 Å². The summed E-state index contributed by atoms with van der Waals surface area (Å²) in [5.41, 5.74) is 0.742. The fourth-order valence-electron chi connectivity index (χ4n) is 2.46. The van der Waals surface area contributed by atoms with Crippen molar-refractivity contribution in [2.45, 2.75) is 13.1 Å². The lowest BCUT2D eigenvalue weighted by Gasteiger charge is -2.09. The number of methoxy groups -OCH3 is 1. The number of rotatable bonds is 6. The molecule has 2 N–H and O–H groups in total. The highest BCUT2D eigenvalue weighted by Gasteiger charge is 2.10. The number of carbonyl (C=O) groups excluding carboxylic acids is 1. The molecule has 8 heteroatoms. The summed E-state index contributed by atoms with van der Waals surface area (Å²) in [6.07, 6.45) is 1.55. The van der Waals surface area contributed by atoms with Crippen LogP contribution in [0.2, 0.25) is 0 Å². The Morgan fingerprint density at radius 1 is 1.40 bits per heavy atom. The maximum atomic E-state index is 12.5. The lowest BCUT2D eigenvalue weighted by Crippen LogP contribution is -2.25. The fraction of sp³-hybridized carbons (Fsp3) is 0.235. The molecule has 130 valence electrons. The molecule has 0 aliphatic heterocycles. The largest absolute Gasteiger partial charge is 0.467 e. The first-order chi connectivity index (χ1) is 12.1. The van der Waals surface area contributed by atoms with Crippen LogP contribution < -0.4 is 10.9 Å². The number of ether oxygens (including phenoxy) is 1. The Hall–Kier alpha value is -2.71. The molecule has 2 aromatic heterocycles. The zero-order valence-electron chi connectivity index (χ0n) is 13.6. The van der Waals surface area contributed by atoms with E-state index in [-0.39, 0.29) is 11.5 Å². The zero-order valence-corrected chi connectivity index (χ0v) is 14.4. The van der Waals surface area contributed by atoms with Crippen LogP contribution in [0.15, 0.2) is 45.8 Å². The van der Waals surface area contributed by atoms with Crippen molar-refractivity contribution >= 4 is 29.0 Å². The maximum absolute atomic E-state index is 12.5. The minimum Gasteiger partial charge on any atom is -0.467 e. The standard InChI is InChI=1S/C17H17N3O4S/c1-23-8-6-20-16(22)13-5-4-11(9-14(13)19-17(20)25)15(21)18-10-12-3-2-7-24-12/h2-5,7,9H,6,8,10H2,1H3,(H,18,21)(H,19,25). The van der Waals surface area contributed by atoms with E-state index in [0.717, 1.165) is 0 Å². The number of fused-ring (bicyclic) bond motifs is 1. The Morgan fingerprint density at radius 3 is 2.96 bits per heavy atom. The van der Waals surface area contributed by atoms with Gasteiger partial charge in [-0.15, -0.1) is 0 Å². The van der Waals surface area contributed by atoms with Gasteiger partial charge in [0.25, 0.3) is 11.5 Å². The van der Waals surface area contributed by atoms with Gasteiger partial charge in [-0.3, -0.25) is 14.2 Å². The molecule has 2 heterocycles. The first-order valence-electron chi connectivity index (χ1n) is 7.66. The third-order valence-corrected chi connectivity index (χ3v) is 4.09. The normalized spacial score (nSPS) is 10.9. The van der Waals surface area contributed by atoms with E-state index < -0.39 is 0 Å². The number of aromatic nitrogens is 2. The van der Waals surface area contributed by atoms with Crippen molar-refractivity contribution in [1.29, 1.82) is 0 Å². The predicted octanol–water partition coefficient (Wildman–Crippen LogP) is 2.23. The van der Waals surface area contributed by atoms with E-state index in [1.807, 2.05) is 0 Å². The number of hydrogen-bond acceptors (Lipinski definition) is 5. The second-order valence-corrected chi connectivity index (χ2v) is 5.79. The summed E-state index contributed by atoms with van der Waals surface area (Å²) in [6.45, 7) is 1.04. The minimum atomic E-state index is -0.263. The van der Waals surface area contributed by atoms with Gasteiger partial charge >= 0.3 is 0 Å². The van der Waals surface area contributed by atoms with E-state index in [2.05, 4.69) is 10.3 Å². The highest BCUT2D eigenvalue weighted by molar-refractivity contribution is 7.71. The summed E-state index contributed by atoms with van der Waals surface area (Å²) < 4.78 is 11.9. The van der Waals surface area contributed by atoms with Gasteiger partial charge in [0.15, 0.2) is 4.77 Å². The van der Waals surface area contributed by atoms with E-state index in [1.54, 1.807) is 43.7 Å². The van der Waals surface area contributed by atoms with Crippen LogP contribution in [0.1, 0.15) is 16.1 Å². The van der Waals surface area contributed by atoms with Gasteiger partial charge in [0.1, 0.15) is 5.76 Å². The van der Waals surface area contributed by atoms with E-state index in [4.69, 9.17) is 21.4 Å². The molecule has 25 heavy (non-hydrogen) atoms. The van der Waals surface area contributed by atoms with Gasteiger partial charge in [-0.05, 0) is 42.5 Å². The van der Waals surface area contributed by atoms with Crippen molar-refractivity contribution in [1.82, 2.24) is 14.9 Å². The molecule has 1 amide bonds. The highest BCUT2D eigenvalue weighted by Crippen LogP contribution is 2.11. The van der Waals surface area contributed by atoms with Gasteiger partial charge in [0, 0.05) is 12.7 Å². The first-order valence-corrected chi connectivity index (χ1v) is 8.07. The SMILES string of the molecule is COCCn1c(=S)[nH]c2cc(C(=O)NCc3ccco3)ccc2c1=O. The molecule has 3 aromatic rings. The molecular formula is C17H17N3O4S. The summed E-state index contributed by atoms with van der Waals surface area (Å²) in [4.78, 5) is 27.8. The van der Waals surface area contributed by atoms with Crippen LogP contribution in [0.25, 0.3) is 10.9 Å². The molecule has 0 aliphatic carbocycles. The van der Waals surface area contributed by atoms with Gasteiger partial charge in [-0.1, -0.05) is 0 Å². The van der Waals surface area contributed by atoms with Crippen molar-refractivity contribution in [2.75, 3.05) is 13.7 Å². The van der Waals surface area contributed by atoms with Crippen molar-refractivity contribution in [3.8, 4) is 0 Å². The lowest BCUT2D eigenvalue weighted by atomic mass is 10.1. The fourth-order valence-corrected chi connectivity index (χ4v) is 2.75. The molecule has 0 atom stereocenters. The number of hydrogen-bond donors (Lipinski definition) is 2. The molecule has 0 spiro atoms. The third-order valence-electron chi connectivity index (χ3n) is 3.77. The molecule has 0 bridgehead atoms. The van der Waals surface area contributed by atoms with Crippen LogP contribution in [0.4, 0.5) is 0 Å². The van der Waals surface area contributed by atoms with Crippen LogP contribution >= 0.6 is 12.2 Å². The Kier molecular flexibility index (Phi) is 5.11. The van der Waals surface area contributed by atoms with Crippen LogP contribution in [0.5, 0.6) is 0 Å². The number of amides is 1. The molecule has 7 nitrogen and oxygen atoms in total. The number of H-pyrrole nitrogens is 1. The topological polar surface area (TPSA) is 89.3 Å². The smallest absolute Gasteiger partial charge is 0.262 e. The quantitative estimate of drug-likeness (QED) is 0.659. The summed E-state index contributed by atoms with van der Waals surface area (Å²) in [6, 6.07) is 8.38. The number of furan rings is 1. The summed E-state index contributed by atoms with van der Waals surface area (Å²) in [5.74, 6) is 0.399. The number of nitrogens with one attached hydrogen (secondary N) is 2. The lowest BCUT2D eigenvalue weighted by molar-refractivity contribution is 0.0948. The van der Waals surface area contributed by atoms with E-state index in [9.17, 15) is 9.59 Å². The molecule has 0 aliphatic rings. The Morgan fingerprint density at radius 2 is 2.24 bits per heavy atom. The Bertz CT molecular complexity index is 1000. The summed E-state index contributed by atoms with van der Waals surface area (Å²) in [7, 11) is 1.56. The van der Waals surface area contributed by atoms with Gasteiger partial charge in [-0.25, -0.2) is 0 Å². The van der Waals surface area contributed by atoms with Gasteiger partial charge in [0.2, 0.25) is 0 Å². The number of nitrogens with zero attached hydrogens (tertiary/aromatic N) is 1. The van der Waals surface area contributed by atoms with Gasteiger partial charge < -0.3 is 19.5 Å². The minimum absolute atomic E-state index is 0.210. The Balaban J connectivity index is 1.88. The van der Waals surface area contributed by atoms with Gasteiger partial charge in [-0.2, -0.15) is 0 Å². The number of benzene rings is 1. The molecule has 0 unspecified atom stereocenters. The second-order valence-electron chi connectivity index (χ2n) is 5.40. The number of aromatic amines is 1. The van der Waals surface area contributed by atoms with Gasteiger partial charge in [0.05, 0.1) is 36.9 Å². The maximum Gasteiger partial charge on any atom is 0.262 e. The Labute approximate surface area is 148 Å². The average Bonchev–Trinajstić information content (AvgIpc) is 3.12. The van der Waals surface area contributed by atoms with Crippen molar-refractivity contribution < 1.29 is 13.9 Å². The molecular weight excluding hydrogens is 342 g/mol. The van der Waals surface area contributed by atoms with Crippen molar-refractivity contribution in [2.24, 2.45) is 0 Å². The van der Waals surface area contributed by atoms with Crippen LogP contribution in [0.3, 0.4) is 0 Å². The predicted molar refractivity (Wildman–Crippen MR) is 95.1 cm³/mol. The second kappa shape index (κ2) is 7.45. The molecule has 0 saturated carbocycles. The molecule has 0 fully saturated rings. The van der Waals surface area contributed by atoms with Crippen molar-refractivity contribution in [3.05, 3.63) is 63.0 Å². The van der Waals surface area contributed by atoms with Crippen LogP contribution in [-0.4, -0.2) is 29.2 Å². The van der Waals surface area contributed by atoms with Crippen LogP contribution in [0, 0.1) is 4.77 Å².